The summed E-state index contributed by atoms with van der Waals surface area (Å²) in [5.41, 5.74) is 4.53. The summed E-state index contributed by atoms with van der Waals surface area (Å²) in [6.07, 6.45) is 0. The summed E-state index contributed by atoms with van der Waals surface area (Å²) in [5.74, 6) is -0.719. The van der Waals surface area contributed by atoms with Crippen LogP contribution in [0.5, 0.6) is 0 Å². The van der Waals surface area contributed by atoms with Gasteiger partial charge in [-0.1, -0.05) is 0 Å². The molecule has 88 valence electrons. The van der Waals surface area contributed by atoms with E-state index in [1.807, 2.05) is 0 Å². The Bertz CT molecular complexity index is 239. The summed E-state index contributed by atoms with van der Waals surface area (Å²) in [6, 6.07) is -0.427. The Morgan fingerprint density at radius 1 is 1.47 bits per heavy atom. The summed E-state index contributed by atoms with van der Waals surface area (Å²) in [6.45, 7) is 7.58. The molecule has 5 nitrogen and oxygen atoms in total. The van der Waals surface area contributed by atoms with Gasteiger partial charge in [0.05, 0.1) is 12.0 Å². The molecule has 0 saturated heterocycles. The second-order valence-electron chi connectivity index (χ2n) is 4.10. The molecule has 1 atom stereocenters. The molecule has 1 unspecified atom stereocenters. The Morgan fingerprint density at radius 2 is 2.00 bits per heavy atom. The van der Waals surface area contributed by atoms with Crippen LogP contribution in [-0.2, 0) is 14.3 Å². The van der Waals surface area contributed by atoms with Gasteiger partial charge in [0.2, 0.25) is 5.91 Å². The van der Waals surface area contributed by atoms with E-state index in [1.165, 1.54) is 0 Å². The highest BCUT2D eigenvalue weighted by atomic mass is 16.5. The Labute approximate surface area is 90.4 Å². The molecule has 15 heavy (non-hydrogen) atoms. The maximum Gasteiger partial charge on any atom is 0.322 e. The van der Waals surface area contributed by atoms with Crippen LogP contribution in [0.15, 0.2) is 0 Å². The van der Waals surface area contributed by atoms with Gasteiger partial charge in [0.1, 0.15) is 6.04 Å². The first-order valence-electron chi connectivity index (χ1n) is 5.01. The highest BCUT2D eigenvalue weighted by Gasteiger charge is 2.26. The summed E-state index contributed by atoms with van der Waals surface area (Å²) in [4.78, 5) is 22.2. The average molecular weight is 216 g/mol. The predicted octanol–water partition coefficient (Wildman–Crippen LogP) is 0.0391. The van der Waals surface area contributed by atoms with Crippen molar-refractivity contribution in [3.63, 3.8) is 0 Å². The van der Waals surface area contributed by atoms with E-state index in [-0.39, 0.29) is 5.97 Å². The minimum atomic E-state index is -0.666. The Balaban J connectivity index is 4.05. The molecule has 1 amide bonds. The molecule has 0 saturated carbocycles. The number of carbonyl (C=O) groups is 2. The molecular weight excluding hydrogens is 196 g/mol. The van der Waals surface area contributed by atoms with Crippen molar-refractivity contribution < 1.29 is 14.3 Å². The van der Waals surface area contributed by atoms with Gasteiger partial charge in [-0.05, 0) is 27.7 Å². The number of nitrogens with two attached hydrogens (primary N) is 1. The van der Waals surface area contributed by atoms with Crippen LogP contribution in [0.2, 0.25) is 0 Å². The predicted molar refractivity (Wildman–Crippen MR) is 57.1 cm³/mol. The number of rotatable bonds is 6. The first-order valence-corrected chi connectivity index (χ1v) is 5.01. The Morgan fingerprint density at radius 3 is 2.40 bits per heavy atom. The second kappa shape index (κ2) is 5.70. The van der Waals surface area contributed by atoms with E-state index >= 15 is 0 Å². The van der Waals surface area contributed by atoms with Gasteiger partial charge >= 0.3 is 5.97 Å². The highest BCUT2D eigenvalue weighted by Crippen LogP contribution is 2.12. The third-order valence-corrected chi connectivity index (χ3v) is 2.16. The quantitative estimate of drug-likeness (QED) is 0.614. The van der Waals surface area contributed by atoms with E-state index in [2.05, 4.69) is 5.32 Å². The third-order valence-electron chi connectivity index (χ3n) is 2.16. The Hall–Kier alpha value is -1.10. The molecule has 0 aromatic rings. The lowest BCUT2D eigenvalue weighted by atomic mass is 9.92. The number of esters is 1. The molecule has 3 N–H and O–H groups in total. The van der Waals surface area contributed by atoms with Crippen LogP contribution in [0.4, 0.5) is 0 Å². The van der Waals surface area contributed by atoms with Crippen molar-refractivity contribution in [2.24, 2.45) is 11.1 Å². The van der Waals surface area contributed by atoms with E-state index in [0.29, 0.717) is 13.2 Å². The number of carbonyl (C=O) groups excluding carboxylic acids is 2. The molecule has 0 heterocycles. The van der Waals surface area contributed by atoms with Gasteiger partial charge in [-0.3, -0.25) is 9.59 Å². The number of ether oxygens (including phenoxy) is 1. The summed E-state index contributed by atoms with van der Waals surface area (Å²) >= 11 is 0. The molecule has 0 fully saturated rings. The number of hydrogen-bond donors (Lipinski definition) is 2. The lowest BCUT2D eigenvalue weighted by Crippen LogP contribution is -2.45. The van der Waals surface area contributed by atoms with Crippen LogP contribution >= 0.6 is 0 Å². The van der Waals surface area contributed by atoms with Crippen LogP contribution in [0.1, 0.15) is 27.7 Å². The van der Waals surface area contributed by atoms with Crippen molar-refractivity contribution in [1.29, 1.82) is 0 Å². The Kier molecular flexibility index (Phi) is 5.28. The minimum absolute atomic E-state index is 0.322. The van der Waals surface area contributed by atoms with Crippen molar-refractivity contribution in [3.05, 3.63) is 0 Å². The van der Waals surface area contributed by atoms with E-state index in [1.54, 1.807) is 27.7 Å². The number of nitrogens with one attached hydrogen (secondary N) is 1. The van der Waals surface area contributed by atoms with Gasteiger partial charge < -0.3 is 15.8 Å². The molecule has 0 aliphatic heterocycles. The fourth-order valence-electron chi connectivity index (χ4n) is 0.846. The van der Waals surface area contributed by atoms with Crippen LogP contribution in [0.25, 0.3) is 0 Å². The van der Waals surface area contributed by atoms with Crippen molar-refractivity contribution in [1.82, 2.24) is 5.32 Å². The third kappa shape index (κ3) is 4.78. The van der Waals surface area contributed by atoms with Crippen molar-refractivity contribution in [2.75, 3.05) is 13.2 Å². The average Bonchev–Trinajstić information content (AvgIpc) is 2.14. The number of amides is 1. The highest BCUT2D eigenvalue weighted by molar-refractivity contribution is 5.80. The molecule has 5 heteroatoms. The monoisotopic (exact) mass is 216 g/mol. The molecule has 0 radical (unpaired) electrons. The van der Waals surface area contributed by atoms with Gasteiger partial charge in [0.15, 0.2) is 0 Å². The van der Waals surface area contributed by atoms with Gasteiger partial charge in [-0.25, -0.2) is 0 Å². The van der Waals surface area contributed by atoms with Crippen molar-refractivity contribution >= 4 is 11.9 Å². The lowest BCUT2D eigenvalue weighted by molar-refractivity contribution is -0.145. The first-order chi connectivity index (χ1) is 6.81. The largest absolute Gasteiger partial charge is 0.465 e. The second-order valence-corrected chi connectivity index (χ2v) is 4.10. The van der Waals surface area contributed by atoms with Crippen LogP contribution in [-0.4, -0.2) is 31.1 Å². The summed E-state index contributed by atoms with van der Waals surface area (Å²) in [7, 11) is 0. The maximum atomic E-state index is 11.2. The summed E-state index contributed by atoms with van der Waals surface area (Å²) < 4.78 is 4.81. The van der Waals surface area contributed by atoms with Crippen LogP contribution < -0.4 is 11.1 Å². The van der Waals surface area contributed by atoms with Gasteiger partial charge in [-0.2, -0.15) is 0 Å². The van der Waals surface area contributed by atoms with Crippen molar-refractivity contribution in [2.45, 2.75) is 33.7 Å². The zero-order valence-electron chi connectivity index (χ0n) is 9.79. The molecule has 0 bridgehead atoms. The molecule has 0 rings (SSSR count). The molecule has 0 aromatic heterocycles. The standard InChI is InChI=1S/C10H20N2O3/c1-5-15-8(13)7(2)12-6-10(3,4)9(11)14/h7,12H,5-6H2,1-4H3,(H2,11,14). The maximum absolute atomic E-state index is 11.2. The smallest absolute Gasteiger partial charge is 0.322 e. The molecule has 0 aliphatic rings. The zero-order chi connectivity index (χ0) is 12.1. The molecule has 0 aromatic carbocycles. The van der Waals surface area contributed by atoms with Gasteiger partial charge in [0, 0.05) is 6.54 Å². The summed E-state index contributed by atoms with van der Waals surface area (Å²) in [5, 5.41) is 2.91. The minimum Gasteiger partial charge on any atom is -0.465 e. The number of primary amides is 1. The van der Waals surface area contributed by atoms with E-state index in [0.717, 1.165) is 0 Å². The topological polar surface area (TPSA) is 81.4 Å². The lowest BCUT2D eigenvalue weighted by Gasteiger charge is -2.23. The SMILES string of the molecule is CCOC(=O)C(C)NCC(C)(C)C(N)=O. The van der Waals surface area contributed by atoms with Gasteiger partial charge in [0.25, 0.3) is 0 Å². The van der Waals surface area contributed by atoms with Crippen molar-refractivity contribution in [3.8, 4) is 0 Å². The van der Waals surface area contributed by atoms with Crippen LogP contribution in [0, 0.1) is 5.41 Å². The fraction of sp³-hybridized carbons (Fsp3) is 0.800. The van der Waals surface area contributed by atoms with E-state index in [4.69, 9.17) is 10.5 Å². The number of hydrogen-bond acceptors (Lipinski definition) is 4. The fourth-order valence-corrected chi connectivity index (χ4v) is 0.846. The molecule has 0 spiro atoms. The molecular formula is C10H20N2O3. The van der Waals surface area contributed by atoms with E-state index in [9.17, 15) is 9.59 Å². The van der Waals surface area contributed by atoms with Crippen LogP contribution in [0.3, 0.4) is 0 Å². The van der Waals surface area contributed by atoms with Gasteiger partial charge in [-0.15, -0.1) is 0 Å². The zero-order valence-corrected chi connectivity index (χ0v) is 9.79. The molecule has 0 aliphatic carbocycles. The first kappa shape index (κ1) is 13.9. The van der Waals surface area contributed by atoms with E-state index < -0.39 is 17.4 Å². The normalized spacial score (nSPS) is 13.3.